The zero-order valence-electron chi connectivity index (χ0n) is 19.0. The Morgan fingerprint density at radius 1 is 1.09 bits per heavy atom. The lowest BCUT2D eigenvalue weighted by Gasteiger charge is -2.26. The van der Waals surface area contributed by atoms with Crippen molar-refractivity contribution in [3.8, 4) is 0 Å². The van der Waals surface area contributed by atoms with Crippen molar-refractivity contribution >= 4 is 29.5 Å². The molecule has 33 heavy (non-hydrogen) atoms. The molecule has 1 atom stereocenters. The predicted molar refractivity (Wildman–Crippen MR) is 131 cm³/mol. The number of nitrogens with zero attached hydrogens (tertiary/aromatic N) is 3. The van der Waals surface area contributed by atoms with Gasteiger partial charge in [-0.05, 0) is 48.9 Å². The Hall–Kier alpha value is -2.61. The lowest BCUT2D eigenvalue weighted by Crippen LogP contribution is -2.41. The molecular weight excluding hydrogens is 440 g/mol. The van der Waals surface area contributed by atoms with E-state index in [-0.39, 0.29) is 30.2 Å². The van der Waals surface area contributed by atoms with E-state index in [9.17, 15) is 9.59 Å². The molecule has 2 heterocycles. The van der Waals surface area contributed by atoms with Crippen LogP contribution in [0, 0.1) is 6.92 Å². The molecule has 3 aromatic rings. The van der Waals surface area contributed by atoms with Crippen LogP contribution in [0.5, 0.6) is 0 Å². The fourth-order valence-corrected chi connectivity index (χ4v) is 5.08. The summed E-state index contributed by atoms with van der Waals surface area (Å²) < 4.78 is 8.51. The van der Waals surface area contributed by atoms with Crippen LogP contribution >= 0.6 is 12.4 Å². The minimum absolute atomic E-state index is 0. The molecular formula is C25H31ClN4O3. The molecule has 8 heteroatoms. The summed E-state index contributed by atoms with van der Waals surface area (Å²) in [6.45, 7) is 6.48. The van der Waals surface area contributed by atoms with Crippen LogP contribution in [0.4, 0.5) is 4.79 Å². The van der Waals surface area contributed by atoms with Crippen LogP contribution in [0.3, 0.4) is 0 Å². The normalized spacial score (nSPS) is 18.5. The molecule has 0 bridgehead atoms. The van der Waals surface area contributed by atoms with Crippen LogP contribution in [-0.2, 0) is 17.7 Å². The number of hydrogen-bond acceptors (Lipinski definition) is 4. The first-order chi connectivity index (χ1) is 15.6. The SMILES string of the molecule is Cc1cccc2c1n(CCN1CCOCC1)c(=O)n2C(=O)NC1CCCc2ccccc21.Cl. The zero-order valence-corrected chi connectivity index (χ0v) is 19.8. The zero-order chi connectivity index (χ0) is 22.1. The summed E-state index contributed by atoms with van der Waals surface area (Å²) in [6, 6.07) is 13.6. The molecule has 1 saturated heterocycles. The number of carbonyl (C=O) groups excluding carboxylic acids is 1. The molecule has 1 aliphatic heterocycles. The van der Waals surface area contributed by atoms with E-state index in [1.165, 1.54) is 10.1 Å². The Kier molecular flexibility index (Phi) is 7.22. The molecule has 1 amide bonds. The van der Waals surface area contributed by atoms with Crippen molar-refractivity contribution in [2.45, 2.75) is 38.8 Å². The van der Waals surface area contributed by atoms with Gasteiger partial charge >= 0.3 is 11.7 Å². The van der Waals surface area contributed by atoms with E-state index < -0.39 is 0 Å². The summed E-state index contributed by atoms with van der Waals surface area (Å²) in [5, 5.41) is 3.15. The Morgan fingerprint density at radius 2 is 1.88 bits per heavy atom. The van der Waals surface area contributed by atoms with Crippen molar-refractivity contribution in [3.05, 3.63) is 69.6 Å². The number of morpholine rings is 1. The highest BCUT2D eigenvalue weighted by atomic mass is 35.5. The number of halogens is 1. The van der Waals surface area contributed by atoms with Gasteiger partial charge in [0.2, 0.25) is 0 Å². The van der Waals surface area contributed by atoms with E-state index in [4.69, 9.17) is 4.74 Å². The van der Waals surface area contributed by atoms with Crippen molar-refractivity contribution < 1.29 is 9.53 Å². The Bertz CT molecular complexity index is 1200. The van der Waals surface area contributed by atoms with Crippen LogP contribution in [0.25, 0.3) is 11.0 Å². The fraction of sp³-hybridized carbons (Fsp3) is 0.440. The van der Waals surface area contributed by atoms with E-state index in [1.54, 1.807) is 4.57 Å². The Labute approximate surface area is 199 Å². The topological polar surface area (TPSA) is 68.5 Å². The van der Waals surface area contributed by atoms with Crippen molar-refractivity contribution in [3.63, 3.8) is 0 Å². The van der Waals surface area contributed by atoms with Gasteiger partial charge in [0.05, 0.1) is 30.3 Å². The highest BCUT2D eigenvalue weighted by Gasteiger charge is 2.25. The molecule has 176 valence electrons. The third kappa shape index (κ3) is 4.58. The average Bonchev–Trinajstić information content (AvgIpc) is 3.11. The number of rotatable bonds is 4. The van der Waals surface area contributed by atoms with Crippen LogP contribution in [0.2, 0.25) is 0 Å². The van der Waals surface area contributed by atoms with Gasteiger partial charge in [0, 0.05) is 26.2 Å². The smallest absolute Gasteiger partial charge is 0.337 e. The van der Waals surface area contributed by atoms with Crippen molar-refractivity contribution in [2.24, 2.45) is 0 Å². The third-order valence-electron chi connectivity index (χ3n) is 6.76. The lowest BCUT2D eigenvalue weighted by molar-refractivity contribution is 0.0364. The number of fused-ring (bicyclic) bond motifs is 2. The molecule has 2 aromatic carbocycles. The molecule has 7 nitrogen and oxygen atoms in total. The maximum atomic E-state index is 13.5. The molecule has 0 saturated carbocycles. The molecule has 1 aliphatic carbocycles. The van der Waals surface area contributed by atoms with E-state index in [0.717, 1.165) is 68.8 Å². The van der Waals surface area contributed by atoms with Gasteiger partial charge in [-0.3, -0.25) is 9.47 Å². The lowest BCUT2D eigenvalue weighted by atomic mass is 9.88. The van der Waals surface area contributed by atoms with Gasteiger partial charge in [-0.2, -0.15) is 0 Å². The van der Waals surface area contributed by atoms with Gasteiger partial charge in [0.15, 0.2) is 0 Å². The number of hydrogen-bond donors (Lipinski definition) is 1. The monoisotopic (exact) mass is 470 g/mol. The maximum Gasteiger partial charge on any atom is 0.337 e. The highest BCUT2D eigenvalue weighted by molar-refractivity contribution is 5.91. The number of imidazole rings is 1. The fourth-order valence-electron chi connectivity index (χ4n) is 5.08. The number of amides is 1. The summed E-state index contributed by atoms with van der Waals surface area (Å²) in [4.78, 5) is 29.2. The first-order valence-corrected chi connectivity index (χ1v) is 11.5. The number of para-hydroxylation sites is 1. The van der Waals surface area contributed by atoms with Gasteiger partial charge in [0.25, 0.3) is 0 Å². The number of ether oxygens (including phenoxy) is 1. The van der Waals surface area contributed by atoms with Crippen LogP contribution in [-0.4, -0.2) is 52.9 Å². The molecule has 5 rings (SSSR count). The summed E-state index contributed by atoms with van der Waals surface area (Å²) in [5.41, 5.74) is 4.66. The summed E-state index contributed by atoms with van der Waals surface area (Å²) in [5.74, 6) is 0. The maximum absolute atomic E-state index is 13.5. The van der Waals surface area contributed by atoms with Gasteiger partial charge in [0.1, 0.15) is 0 Å². The summed E-state index contributed by atoms with van der Waals surface area (Å²) in [7, 11) is 0. The number of benzene rings is 2. The standard InChI is InChI=1S/C25H30N4O3.ClH/c1-18-6-4-11-22-23(18)28(13-12-27-14-16-32-17-15-27)25(31)29(22)24(30)26-21-10-5-8-19-7-2-3-9-20(19)21;/h2-4,6-7,9,11,21H,5,8,10,12-17H2,1H3,(H,26,30);1H. The quantitative estimate of drug-likeness (QED) is 0.633. The molecule has 2 aliphatic rings. The Morgan fingerprint density at radius 3 is 2.70 bits per heavy atom. The van der Waals surface area contributed by atoms with E-state index in [2.05, 4.69) is 22.3 Å². The largest absolute Gasteiger partial charge is 0.379 e. The first-order valence-electron chi connectivity index (χ1n) is 11.5. The van der Waals surface area contributed by atoms with Crippen LogP contribution in [0.1, 0.15) is 35.6 Å². The van der Waals surface area contributed by atoms with E-state index in [0.29, 0.717) is 12.1 Å². The summed E-state index contributed by atoms with van der Waals surface area (Å²) in [6.07, 6.45) is 2.94. The molecule has 1 fully saturated rings. The second kappa shape index (κ2) is 10.1. The van der Waals surface area contributed by atoms with Gasteiger partial charge in [-0.15, -0.1) is 12.4 Å². The molecule has 0 spiro atoms. The second-order valence-electron chi connectivity index (χ2n) is 8.76. The average molecular weight is 471 g/mol. The van der Waals surface area contributed by atoms with Crippen LogP contribution in [0.15, 0.2) is 47.3 Å². The molecule has 1 N–H and O–H groups in total. The van der Waals surface area contributed by atoms with Crippen molar-refractivity contribution in [2.75, 3.05) is 32.8 Å². The van der Waals surface area contributed by atoms with E-state index >= 15 is 0 Å². The van der Waals surface area contributed by atoms with Gasteiger partial charge in [-0.1, -0.05) is 36.4 Å². The number of aromatic nitrogens is 2. The van der Waals surface area contributed by atoms with Gasteiger partial charge < -0.3 is 10.1 Å². The predicted octanol–water partition coefficient (Wildman–Crippen LogP) is 3.50. The third-order valence-corrected chi connectivity index (χ3v) is 6.76. The van der Waals surface area contributed by atoms with Crippen molar-refractivity contribution in [1.29, 1.82) is 0 Å². The van der Waals surface area contributed by atoms with Crippen molar-refractivity contribution in [1.82, 2.24) is 19.4 Å². The highest BCUT2D eigenvalue weighted by Crippen LogP contribution is 2.29. The molecule has 0 radical (unpaired) electrons. The molecule has 1 unspecified atom stereocenters. The summed E-state index contributed by atoms with van der Waals surface area (Å²) >= 11 is 0. The number of nitrogens with one attached hydrogen (secondary N) is 1. The first kappa shape index (κ1) is 23.5. The Balaban J connectivity index is 0.00000259. The minimum Gasteiger partial charge on any atom is -0.379 e. The van der Waals surface area contributed by atoms with E-state index in [1.807, 2.05) is 37.3 Å². The minimum atomic E-state index is -0.350. The number of aryl methyl sites for hydroxylation is 2. The molecule has 1 aromatic heterocycles. The van der Waals surface area contributed by atoms with Crippen LogP contribution < -0.4 is 11.0 Å². The second-order valence-corrected chi connectivity index (χ2v) is 8.76. The van der Waals surface area contributed by atoms with Gasteiger partial charge in [-0.25, -0.2) is 14.2 Å². The number of carbonyl (C=O) groups is 1.